The molecule has 0 bridgehead atoms. The molecule has 0 aromatic rings. The number of unbranched alkanes of at least 4 members (excludes halogenated alkanes) is 3. The molecule has 0 fully saturated rings. The third-order valence-corrected chi connectivity index (χ3v) is 2.88. The maximum atomic E-state index is 5.57. The highest BCUT2D eigenvalue weighted by atomic mass is 16.5. The number of methoxy groups -OCH3 is 1. The minimum absolute atomic E-state index is 0.244. The summed E-state index contributed by atoms with van der Waals surface area (Å²) in [7, 11) is 1.69. The van der Waals surface area contributed by atoms with E-state index in [1.54, 1.807) is 7.11 Å². The van der Waals surface area contributed by atoms with Gasteiger partial charge in [-0.1, -0.05) is 12.8 Å². The van der Waals surface area contributed by atoms with Gasteiger partial charge in [0, 0.05) is 32.5 Å². The van der Waals surface area contributed by atoms with Crippen molar-refractivity contribution < 1.29 is 14.2 Å². The lowest BCUT2D eigenvalue weighted by molar-refractivity contribution is 0.0508. The van der Waals surface area contributed by atoms with Crippen molar-refractivity contribution in [1.82, 2.24) is 5.32 Å². The van der Waals surface area contributed by atoms with E-state index in [0.717, 1.165) is 32.8 Å². The first-order valence-corrected chi connectivity index (χ1v) is 7.96. The van der Waals surface area contributed by atoms with Gasteiger partial charge in [0.25, 0.3) is 0 Å². The average Bonchev–Trinajstić information content (AvgIpc) is 2.38. The van der Waals surface area contributed by atoms with Gasteiger partial charge in [0.15, 0.2) is 0 Å². The van der Waals surface area contributed by atoms with Crippen LogP contribution in [0, 0.1) is 0 Å². The van der Waals surface area contributed by atoms with Crippen molar-refractivity contribution in [3.05, 3.63) is 0 Å². The Bertz CT molecular complexity index is 193. The maximum absolute atomic E-state index is 5.57. The third kappa shape index (κ3) is 17.8. The van der Waals surface area contributed by atoms with Crippen molar-refractivity contribution in [1.29, 1.82) is 0 Å². The monoisotopic (exact) mass is 289 g/mol. The lowest BCUT2D eigenvalue weighted by Crippen LogP contribution is -2.36. The van der Waals surface area contributed by atoms with E-state index in [0.29, 0.717) is 13.2 Å². The van der Waals surface area contributed by atoms with Crippen LogP contribution in [0.2, 0.25) is 0 Å². The molecule has 1 N–H and O–H groups in total. The highest BCUT2D eigenvalue weighted by molar-refractivity contribution is 4.69. The summed E-state index contributed by atoms with van der Waals surface area (Å²) in [5.41, 5.74) is 0.244. The summed E-state index contributed by atoms with van der Waals surface area (Å²) in [6, 6.07) is 0. The second kappa shape index (κ2) is 13.8. The minimum Gasteiger partial charge on any atom is -0.382 e. The van der Waals surface area contributed by atoms with Crippen LogP contribution in [0.15, 0.2) is 0 Å². The molecule has 0 aliphatic heterocycles. The predicted octanol–water partition coefficient (Wildman–Crippen LogP) is 3.00. The summed E-state index contributed by atoms with van der Waals surface area (Å²) in [6.07, 6.45) is 5.94. The molecule has 0 radical (unpaired) electrons. The Morgan fingerprint density at radius 2 is 1.30 bits per heavy atom. The topological polar surface area (TPSA) is 39.7 Å². The van der Waals surface area contributed by atoms with Crippen molar-refractivity contribution in [2.75, 3.05) is 46.7 Å². The quantitative estimate of drug-likeness (QED) is 0.499. The summed E-state index contributed by atoms with van der Waals surface area (Å²) >= 11 is 0. The average molecular weight is 289 g/mol. The van der Waals surface area contributed by atoms with Crippen LogP contribution in [0.25, 0.3) is 0 Å². The maximum Gasteiger partial charge on any atom is 0.0700 e. The van der Waals surface area contributed by atoms with Gasteiger partial charge in [-0.05, 0) is 46.6 Å². The van der Waals surface area contributed by atoms with E-state index in [-0.39, 0.29) is 5.54 Å². The Hall–Kier alpha value is -0.160. The molecule has 4 heteroatoms. The smallest absolute Gasteiger partial charge is 0.0700 e. The van der Waals surface area contributed by atoms with Gasteiger partial charge >= 0.3 is 0 Å². The van der Waals surface area contributed by atoms with E-state index in [4.69, 9.17) is 14.2 Å². The molecule has 0 unspecified atom stereocenters. The van der Waals surface area contributed by atoms with E-state index >= 15 is 0 Å². The van der Waals surface area contributed by atoms with Crippen LogP contribution in [0.4, 0.5) is 0 Å². The van der Waals surface area contributed by atoms with Crippen molar-refractivity contribution >= 4 is 0 Å². The van der Waals surface area contributed by atoms with E-state index in [1.165, 1.54) is 25.7 Å². The number of rotatable bonds is 14. The first-order valence-electron chi connectivity index (χ1n) is 7.96. The fourth-order valence-corrected chi connectivity index (χ4v) is 1.76. The molecule has 4 nitrogen and oxygen atoms in total. The van der Waals surface area contributed by atoms with E-state index in [2.05, 4.69) is 26.1 Å². The second-order valence-corrected chi connectivity index (χ2v) is 6.16. The van der Waals surface area contributed by atoms with Crippen molar-refractivity contribution in [3.8, 4) is 0 Å². The molecule has 0 saturated carbocycles. The zero-order valence-electron chi connectivity index (χ0n) is 14.0. The molecule has 0 aliphatic carbocycles. The van der Waals surface area contributed by atoms with Gasteiger partial charge in [0.2, 0.25) is 0 Å². The van der Waals surface area contributed by atoms with Crippen LogP contribution in [-0.2, 0) is 14.2 Å². The minimum atomic E-state index is 0.244. The molecule has 0 spiro atoms. The van der Waals surface area contributed by atoms with Crippen LogP contribution in [-0.4, -0.2) is 52.2 Å². The highest BCUT2D eigenvalue weighted by Gasteiger charge is 2.06. The number of nitrogens with one attached hydrogen (secondary N) is 1. The van der Waals surface area contributed by atoms with Crippen molar-refractivity contribution in [2.45, 2.75) is 58.4 Å². The summed E-state index contributed by atoms with van der Waals surface area (Å²) in [5, 5.41) is 3.51. The highest BCUT2D eigenvalue weighted by Crippen LogP contribution is 2.02. The van der Waals surface area contributed by atoms with Crippen LogP contribution in [0.3, 0.4) is 0 Å². The van der Waals surface area contributed by atoms with Crippen LogP contribution >= 0.6 is 0 Å². The second-order valence-electron chi connectivity index (χ2n) is 6.16. The Morgan fingerprint density at radius 1 is 0.700 bits per heavy atom. The lowest BCUT2D eigenvalue weighted by Gasteiger charge is -2.20. The summed E-state index contributed by atoms with van der Waals surface area (Å²) in [6.45, 7) is 11.5. The molecule has 0 amide bonds. The van der Waals surface area contributed by atoms with Gasteiger partial charge in [-0.2, -0.15) is 0 Å². The Balaban J connectivity index is 2.99. The van der Waals surface area contributed by atoms with Crippen molar-refractivity contribution in [3.63, 3.8) is 0 Å². The third-order valence-electron chi connectivity index (χ3n) is 2.88. The molecule has 0 saturated heterocycles. The van der Waals surface area contributed by atoms with Gasteiger partial charge in [-0.15, -0.1) is 0 Å². The zero-order chi connectivity index (χ0) is 15.1. The number of hydrogen-bond donors (Lipinski definition) is 1. The van der Waals surface area contributed by atoms with Gasteiger partial charge in [-0.3, -0.25) is 0 Å². The van der Waals surface area contributed by atoms with E-state index in [1.807, 2.05) is 0 Å². The molecule has 0 heterocycles. The normalized spacial score (nSPS) is 12.0. The molecule has 20 heavy (non-hydrogen) atoms. The Morgan fingerprint density at radius 3 is 1.95 bits per heavy atom. The fourth-order valence-electron chi connectivity index (χ4n) is 1.76. The largest absolute Gasteiger partial charge is 0.382 e. The first-order chi connectivity index (χ1) is 9.56. The van der Waals surface area contributed by atoms with Gasteiger partial charge < -0.3 is 19.5 Å². The number of hydrogen-bond acceptors (Lipinski definition) is 4. The zero-order valence-corrected chi connectivity index (χ0v) is 14.0. The molecular weight excluding hydrogens is 254 g/mol. The Kier molecular flexibility index (Phi) is 13.7. The van der Waals surface area contributed by atoms with E-state index < -0.39 is 0 Å². The molecule has 122 valence electrons. The summed E-state index contributed by atoms with van der Waals surface area (Å²) < 4.78 is 15.8. The fraction of sp³-hybridized carbons (Fsp3) is 1.00. The molecule has 0 atom stereocenters. The first kappa shape index (κ1) is 19.8. The standard InChI is InChI=1S/C16H35NO3/c1-16(2,3)17-10-7-5-6-8-11-19-12-9-13-20-15-14-18-4/h17H,5-15H2,1-4H3. The summed E-state index contributed by atoms with van der Waals surface area (Å²) in [4.78, 5) is 0. The van der Waals surface area contributed by atoms with Crippen LogP contribution in [0.5, 0.6) is 0 Å². The molecule has 0 aliphatic rings. The predicted molar refractivity (Wildman–Crippen MR) is 84.4 cm³/mol. The number of ether oxygens (including phenoxy) is 3. The summed E-state index contributed by atoms with van der Waals surface area (Å²) in [5.74, 6) is 0. The van der Waals surface area contributed by atoms with Gasteiger partial charge in [-0.25, -0.2) is 0 Å². The SMILES string of the molecule is COCCOCCCOCCCCCCNC(C)(C)C. The van der Waals surface area contributed by atoms with Gasteiger partial charge in [0.1, 0.15) is 0 Å². The van der Waals surface area contributed by atoms with Crippen LogP contribution < -0.4 is 5.32 Å². The Labute approximate surface area is 125 Å². The molecule has 0 rings (SSSR count). The van der Waals surface area contributed by atoms with Gasteiger partial charge in [0.05, 0.1) is 13.2 Å². The van der Waals surface area contributed by atoms with Crippen LogP contribution in [0.1, 0.15) is 52.9 Å². The molecular formula is C16H35NO3. The van der Waals surface area contributed by atoms with Crippen molar-refractivity contribution in [2.24, 2.45) is 0 Å². The molecule has 0 aromatic carbocycles. The van der Waals surface area contributed by atoms with E-state index in [9.17, 15) is 0 Å². The lowest BCUT2D eigenvalue weighted by atomic mass is 10.1. The molecule has 0 aromatic heterocycles.